The lowest BCUT2D eigenvalue weighted by Crippen LogP contribution is -2.44. The van der Waals surface area contributed by atoms with Crippen LogP contribution in [0.3, 0.4) is 0 Å². The van der Waals surface area contributed by atoms with Crippen molar-refractivity contribution in [2.45, 2.75) is 25.2 Å². The van der Waals surface area contributed by atoms with E-state index < -0.39 is 5.92 Å². The van der Waals surface area contributed by atoms with Gasteiger partial charge in [-0.1, -0.05) is 23.2 Å². The van der Waals surface area contributed by atoms with Gasteiger partial charge in [0.1, 0.15) is 5.92 Å². The molecular formula is C19H19Cl2N3O2S. The van der Waals surface area contributed by atoms with E-state index in [0.29, 0.717) is 41.8 Å². The molecule has 2 unspecified atom stereocenters. The second kappa shape index (κ2) is 7.78. The van der Waals surface area contributed by atoms with Crippen molar-refractivity contribution in [3.63, 3.8) is 0 Å². The molecule has 3 heterocycles. The third kappa shape index (κ3) is 3.71. The highest BCUT2D eigenvalue weighted by molar-refractivity contribution is 7.09. The molecule has 0 aliphatic carbocycles. The lowest BCUT2D eigenvalue weighted by atomic mass is 9.96. The molecule has 0 radical (unpaired) electrons. The number of hydrogen-bond acceptors (Lipinski definition) is 4. The SMILES string of the molecule is O=C(C1CCN(c2ccc(Cl)c(Cl)c2)C1=O)N1CCCC(c2nccs2)C1. The molecule has 2 atom stereocenters. The fraction of sp³-hybridized carbons (Fsp3) is 0.421. The van der Waals surface area contributed by atoms with Crippen molar-refractivity contribution in [2.75, 3.05) is 24.5 Å². The van der Waals surface area contributed by atoms with Crippen LogP contribution < -0.4 is 4.90 Å². The molecule has 2 fully saturated rings. The average Bonchev–Trinajstić information content (AvgIpc) is 3.34. The van der Waals surface area contributed by atoms with Crippen LogP contribution in [0.2, 0.25) is 10.0 Å². The Hall–Kier alpha value is -1.63. The molecule has 2 amide bonds. The van der Waals surface area contributed by atoms with Gasteiger partial charge >= 0.3 is 0 Å². The van der Waals surface area contributed by atoms with Gasteiger partial charge in [-0.2, -0.15) is 0 Å². The number of hydrogen-bond donors (Lipinski definition) is 0. The van der Waals surface area contributed by atoms with E-state index in [0.717, 1.165) is 17.8 Å². The average molecular weight is 424 g/mol. The summed E-state index contributed by atoms with van der Waals surface area (Å²) in [6.07, 6.45) is 4.30. The van der Waals surface area contributed by atoms with Gasteiger partial charge in [-0.15, -0.1) is 11.3 Å². The van der Waals surface area contributed by atoms with Crippen molar-refractivity contribution < 1.29 is 9.59 Å². The topological polar surface area (TPSA) is 53.5 Å². The van der Waals surface area contributed by atoms with Crippen molar-refractivity contribution >= 4 is 52.0 Å². The van der Waals surface area contributed by atoms with Gasteiger partial charge < -0.3 is 9.80 Å². The number of carbonyl (C=O) groups excluding carboxylic acids is 2. The minimum atomic E-state index is -0.616. The van der Waals surface area contributed by atoms with Gasteiger partial charge in [-0.25, -0.2) is 4.98 Å². The first-order valence-electron chi connectivity index (χ1n) is 8.99. The number of anilines is 1. The zero-order chi connectivity index (χ0) is 19.0. The Morgan fingerprint density at radius 2 is 2.04 bits per heavy atom. The third-order valence-corrected chi connectivity index (χ3v) is 6.93. The number of nitrogens with zero attached hydrogens (tertiary/aromatic N) is 3. The summed E-state index contributed by atoms with van der Waals surface area (Å²) in [6.45, 7) is 1.86. The number of likely N-dealkylation sites (tertiary alicyclic amines) is 1. The van der Waals surface area contributed by atoms with Gasteiger partial charge in [0.25, 0.3) is 0 Å². The van der Waals surface area contributed by atoms with Gasteiger partial charge in [-0.3, -0.25) is 9.59 Å². The summed E-state index contributed by atoms with van der Waals surface area (Å²) < 4.78 is 0. The highest BCUT2D eigenvalue weighted by Crippen LogP contribution is 2.33. The van der Waals surface area contributed by atoms with Gasteiger partial charge in [0.2, 0.25) is 11.8 Å². The van der Waals surface area contributed by atoms with Gasteiger partial charge in [0.05, 0.1) is 15.1 Å². The van der Waals surface area contributed by atoms with Crippen LogP contribution in [0.4, 0.5) is 5.69 Å². The van der Waals surface area contributed by atoms with Crippen LogP contribution in [0.5, 0.6) is 0 Å². The van der Waals surface area contributed by atoms with Crippen LogP contribution in [-0.2, 0) is 9.59 Å². The van der Waals surface area contributed by atoms with Crippen LogP contribution in [0.15, 0.2) is 29.8 Å². The molecule has 2 saturated heterocycles. The minimum Gasteiger partial charge on any atom is -0.341 e. The lowest BCUT2D eigenvalue weighted by molar-refractivity contribution is -0.140. The molecule has 5 nitrogen and oxygen atoms in total. The van der Waals surface area contributed by atoms with Gasteiger partial charge in [0.15, 0.2) is 0 Å². The maximum absolute atomic E-state index is 13.0. The van der Waals surface area contributed by atoms with Crippen molar-refractivity contribution in [3.8, 4) is 0 Å². The fourth-order valence-electron chi connectivity index (χ4n) is 3.85. The predicted octanol–water partition coefficient (Wildman–Crippen LogP) is 4.21. The predicted molar refractivity (Wildman–Crippen MR) is 108 cm³/mol. The molecule has 0 N–H and O–H groups in total. The fourth-order valence-corrected chi connectivity index (χ4v) is 4.91. The largest absolute Gasteiger partial charge is 0.341 e. The summed E-state index contributed by atoms with van der Waals surface area (Å²) in [5.41, 5.74) is 0.684. The Morgan fingerprint density at radius 1 is 1.19 bits per heavy atom. The van der Waals surface area contributed by atoms with Crippen LogP contribution in [0, 0.1) is 5.92 Å². The first kappa shape index (κ1) is 18.7. The number of benzene rings is 1. The van der Waals surface area contributed by atoms with E-state index in [1.54, 1.807) is 40.6 Å². The Labute approximate surface area is 171 Å². The van der Waals surface area contributed by atoms with Crippen molar-refractivity contribution in [2.24, 2.45) is 5.92 Å². The summed E-state index contributed by atoms with van der Waals surface area (Å²) in [7, 11) is 0. The molecule has 0 spiro atoms. The number of piperidine rings is 1. The van der Waals surface area contributed by atoms with E-state index in [1.807, 2.05) is 10.3 Å². The Bertz CT molecular complexity index is 859. The molecule has 0 saturated carbocycles. The number of thiazole rings is 1. The number of carbonyl (C=O) groups is 2. The van der Waals surface area contributed by atoms with Gasteiger partial charge in [-0.05, 0) is 37.5 Å². The van der Waals surface area contributed by atoms with E-state index in [-0.39, 0.29) is 17.7 Å². The molecule has 2 aromatic rings. The molecule has 1 aromatic carbocycles. The zero-order valence-corrected chi connectivity index (χ0v) is 16.9. The molecule has 1 aromatic heterocycles. The van der Waals surface area contributed by atoms with Gasteiger partial charge in [0, 0.05) is 42.8 Å². The summed E-state index contributed by atoms with van der Waals surface area (Å²) in [6, 6.07) is 5.11. The smallest absolute Gasteiger partial charge is 0.239 e. The number of aromatic nitrogens is 1. The number of amides is 2. The standard InChI is InChI=1S/C19H19Cl2N3O2S/c20-15-4-3-13(10-16(15)21)24-8-5-14(19(24)26)18(25)23-7-1-2-12(11-23)17-22-6-9-27-17/h3-4,6,9-10,12,14H,1-2,5,7-8,11H2. The lowest BCUT2D eigenvalue weighted by Gasteiger charge is -2.33. The summed E-state index contributed by atoms with van der Waals surface area (Å²) in [4.78, 5) is 33.8. The number of rotatable bonds is 3. The molecule has 27 heavy (non-hydrogen) atoms. The molecule has 2 aliphatic heterocycles. The van der Waals surface area contributed by atoms with Crippen molar-refractivity contribution in [3.05, 3.63) is 44.8 Å². The third-order valence-electron chi connectivity index (χ3n) is 5.25. The Morgan fingerprint density at radius 3 is 2.78 bits per heavy atom. The molecular weight excluding hydrogens is 405 g/mol. The minimum absolute atomic E-state index is 0.0659. The molecule has 8 heteroatoms. The van der Waals surface area contributed by atoms with Crippen molar-refractivity contribution in [1.82, 2.24) is 9.88 Å². The van der Waals surface area contributed by atoms with E-state index in [2.05, 4.69) is 4.98 Å². The maximum atomic E-state index is 13.0. The zero-order valence-electron chi connectivity index (χ0n) is 14.6. The maximum Gasteiger partial charge on any atom is 0.239 e. The van der Waals surface area contributed by atoms with Crippen LogP contribution in [-0.4, -0.2) is 41.3 Å². The molecule has 0 bridgehead atoms. The molecule has 4 rings (SSSR count). The second-order valence-electron chi connectivity index (χ2n) is 6.92. The van der Waals surface area contributed by atoms with Crippen LogP contribution in [0.1, 0.15) is 30.2 Å². The Kier molecular flexibility index (Phi) is 5.39. The quantitative estimate of drug-likeness (QED) is 0.694. The first-order valence-corrected chi connectivity index (χ1v) is 10.6. The van der Waals surface area contributed by atoms with E-state index >= 15 is 0 Å². The van der Waals surface area contributed by atoms with Crippen LogP contribution >= 0.6 is 34.5 Å². The molecule has 142 valence electrons. The summed E-state index contributed by atoms with van der Waals surface area (Å²) in [5.74, 6) is -0.571. The van der Waals surface area contributed by atoms with E-state index in [4.69, 9.17) is 23.2 Å². The van der Waals surface area contributed by atoms with Crippen molar-refractivity contribution in [1.29, 1.82) is 0 Å². The Balaban J connectivity index is 1.46. The highest BCUT2D eigenvalue weighted by Gasteiger charge is 2.41. The first-order chi connectivity index (χ1) is 13.0. The summed E-state index contributed by atoms with van der Waals surface area (Å²) >= 11 is 13.7. The molecule has 2 aliphatic rings. The summed E-state index contributed by atoms with van der Waals surface area (Å²) in [5, 5.41) is 3.88. The second-order valence-corrected chi connectivity index (χ2v) is 8.66. The normalized spacial score (nSPS) is 23.1. The van der Waals surface area contributed by atoms with Crippen LogP contribution in [0.25, 0.3) is 0 Å². The van der Waals surface area contributed by atoms with E-state index in [9.17, 15) is 9.59 Å². The monoisotopic (exact) mass is 423 g/mol. The number of halogens is 2. The van der Waals surface area contributed by atoms with E-state index in [1.165, 1.54) is 0 Å². The highest BCUT2D eigenvalue weighted by atomic mass is 35.5.